The lowest BCUT2D eigenvalue weighted by Crippen LogP contribution is -2.34. The van der Waals surface area contributed by atoms with Crippen molar-refractivity contribution in [3.8, 4) is 0 Å². The molecule has 0 saturated carbocycles. The molecular formula is C17H13IN2O3S. The maximum atomic E-state index is 12.1. The molecule has 0 unspecified atom stereocenters. The zero-order valence-electron chi connectivity index (χ0n) is 12.3. The van der Waals surface area contributed by atoms with Crippen molar-refractivity contribution in [1.29, 1.82) is 0 Å². The molecule has 0 radical (unpaired) electrons. The van der Waals surface area contributed by atoms with Crippen LogP contribution in [-0.4, -0.2) is 22.1 Å². The highest BCUT2D eigenvalue weighted by atomic mass is 127. The van der Waals surface area contributed by atoms with E-state index in [1.807, 2.05) is 12.1 Å². The van der Waals surface area contributed by atoms with Crippen LogP contribution in [-0.2, 0) is 4.79 Å². The minimum Gasteiger partial charge on any atom is -0.478 e. The molecule has 5 nitrogen and oxygen atoms in total. The summed E-state index contributed by atoms with van der Waals surface area (Å²) in [6.07, 6.45) is 2.52. The van der Waals surface area contributed by atoms with Crippen LogP contribution >= 0.6 is 34.8 Å². The molecule has 0 heterocycles. The number of carboxylic acid groups (broad SMARTS) is 1. The highest BCUT2D eigenvalue weighted by Gasteiger charge is 2.07. The topological polar surface area (TPSA) is 78.4 Å². The fraction of sp³-hybridized carbons (Fsp3) is 0. The van der Waals surface area contributed by atoms with Gasteiger partial charge in [-0.15, -0.1) is 0 Å². The lowest BCUT2D eigenvalue weighted by molar-refractivity contribution is -0.131. The number of rotatable bonds is 4. The van der Waals surface area contributed by atoms with E-state index in [0.29, 0.717) is 16.8 Å². The number of carbonyl (C=O) groups is 2. The molecule has 122 valence electrons. The maximum Gasteiger partial charge on any atom is 0.328 e. The SMILES string of the molecule is O=C(O)/C=C/c1cccc(NC(=S)NC(=O)c2ccc(I)cc2)c1. The van der Waals surface area contributed by atoms with Crippen LogP contribution < -0.4 is 10.6 Å². The molecule has 0 aromatic heterocycles. The first-order valence-corrected chi connectivity index (χ1v) is 8.32. The number of benzene rings is 2. The lowest BCUT2D eigenvalue weighted by atomic mass is 10.2. The van der Waals surface area contributed by atoms with Crippen LogP contribution in [0.5, 0.6) is 0 Å². The Hall–Kier alpha value is -2.26. The van der Waals surface area contributed by atoms with Gasteiger partial charge in [-0.3, -0.25) is 10.1 Å². The van der Waals surface area contributed by atoms with Gasteiger partial charge in [-0.2, -0.15) is 0 Å². The number of amides is 1. The summed E-state index contributed by atoms with van der Waals surface area (Å²) in [6, 6.07) is 14.1. The monoisotopic (exact) mass is 452 g/mol. The quantitative estimate of drug-likeness (QED) is 0.376. The van der Waals surface area contributed by atoms with E-state index in [1.54, 1.807) is 36.4 Å². The van der Waals surface area contributed by atoms with E-state index in [4.69, 9.17) is 17.3 Å². The van der Waals surface area contributed by atoms with Gasteiger partial charge < -0.3 is 10.4 Å². The Balaban J connectivity index is 1.99. The second-order valence-electron chi connectivity index (χ2n) is 4.71. The molecule has 0 fully saturated rings. The van der Waals surface area contributed by atoms with E-state index in [9.17, 15) is 9.59 Å². The van der Waals surface area contributed by atoms with Crippen LogP contribution in [0.3, 0.4) is 0 Å². The minimum absolute atomic E-state index is 0.165. The van der Waals surface area contributed by atoms with E-state index in [0.717, 1.165) is 9.65 Å². The first-order valence-electron chi connectivity index (χ1n) is 6.83. The van der Waals surface area contributed by atoms with Crippen molar-refractivity contribution in [1.82, 2.24) is 5.32 Å². The molecule has 0 aliphatic rings. The Bertz CT molecular complexity index is 804. The maximum absolute atomic E-state index is 12.1. The van der Waals surface area contributed by atoms with Crippen molar-refractivity contribution in [3.63, 3.8) is 0 Å². The van der Waals surface area contributed by atoms with Crippen LogP contribution in [0, 0.1) is 3.57 Å². The molecule has 0 saturated heterocycles. The van der Waals surface area contributed by atoms with E-state index in [2.05, 4.69) is 33.2 Å². The summed E-state index contributed by atoms with van der Waals surface area (Å²) in [7, 11) is 0. The number of halogens is 1. The van der Waals surface area contributed by atoms with Gasteiger partial charge in [-0.05, 0) is 82.8 Å². The Morgan fingerprint density at radius 3 is 2.50 bits per heavy atom. The first kappa shape index (κ1) is 18.1. The third-order valence-corrected chi connectivity index (χ3v) is 3.82. The van der Waals surface area contributed by atoms with Crippen molar-refractivity contribution >= 4 is 63.6 Å². The third-order valence-electron chi connectivity index (χ3n) is 2.90. The summed E-state index contributed by atoms with van der Waals surface area (Å²) in [6.45, 7) is 0. The Morgan fingerprint density at radius 1 is 1.12 bits per heavy atom. The predicted molar refractivity (Wildman–Crippen MR) is 106 cm³/mol. The number of thiocarbonyl (C=S) groups is 1. The number of hydrogen-bond donors (Lipinski definition) is 3. The van der Waals surface area contributed by atoms with Crippen molar-refractivity contribution in [2.75, 3.05) is 5.32 Å². The largest absolute Gasteiger partial charge is 0.478 e. The summed E-state index contributed by atoms with van der Waals surface area (Å²) in [4.78, 5) is 22.6. The van der Waals surface area contributed by atoms with E-state index in [-0.39, 0.29) is 11.0 Å². The van der Waals surface area contributed by atoms with Gasteiger partial charge in [0.15, 0.2) is 5.11 Å². The lowest BCUT2D eigenvalue weighted by Gasteiger charge is -2.10. The Kier molecular flexibility index (Phi) is 6.44. The number of anilines is 1. The number of carbonyl (C=O) groups excluding carboxylic acids is 1. The first-order chi connectivity index (χ1) is 11.4. The van der Waals surface area contributed by atoms with Crippen LogP contribution in [0.2, 0.25) is 0 Å². The average molecular weight is 452 g/mol. The molecule has 3 N–H and O–H groups in total. The Labute approximate surface area is 157 Å². The summed E-state index contributed by atoms with van der Waals surface area (Å²) in [5.41, 5.74) is 1.86. The van der Waals surface area contributed by atoms with Gasteiger partial charge in [0.05, 0.1) is 0 Å². The molecule has 2 aromatic carbocycles. The van der Waals surface area contributed by atoms with Crippen LogP contribution in [0.15, 0.2) is 54.6 Å². The zero-order valence-corrected chi connectivity index (χ0v) is 15.3. The number of hydrogen-bond acceptors (Lipinski definition) is 3. The van der Waals surface area contributed by atoms with Crippen molar-refractivity contribution in [2.24, 2.45) is 0 Å². The standard InChI is InChI=1S/C17H13IN2O3S/c18-13-7-5-12(6-8-13)16(23)20-17(24)19-14-3-1-2-11(10-14)4-9-15(21)22/h1-10H,(H,21,22)(H2,19,20,23,24)/b9-4+. The highest BCUT2D eigenvalue weighted by molar-refractivity contribution is 14.1. The molecule has 0 spiro atoms. The average Bonchev–Trinajstić information content (AvgIpc) is 2.53. The van der Waals surface area contributed by atoms with Gasteiger partial charge in [-0.25, -0.2) is 4.79 Å². The molecule has 1 amide bonds. The van der Waals surface area contributed by atoms with Crippen LogP contribution in [0.4, 0.5) is 5.69 Å². The van der Waals surface area contributed by atoms with E-state index >= 15 is 0 Å². The molecule has 0 aliphatic carbocycles. The smallest absolute Gasteiger partial charge is 0.328 e. The van der Waals surface area contributed by atoms with E-state index in [1.165, 1.54) is 6.08 Å². The molecule has 2 aromatic rings. The second kappa shape index (κ2) is 8.55. The van der Waals surface area contributed by atoms with Crippen molar-refractivity contribution < 1.29 is 14.7 Å². The van der Waals surface area contributed by atoms with E-state index < -0.39 is 5.97 Å². The highest BCUT2D eigenvalue weighted by Crippen LogP contribution is 2.12. The summed E-state index contributed by atoms with van der Waals surface area (Å²) in [5.74, 6) is -1.32. The number of aliphatic carboxylic acids is 1. The zero-order chi connectivity index (χ0) is 17.5. The number of carboxylic acids is 1. The second-order valence-corrected chi connectivity index (χ2v) is 6.37. The predicted octanol–water partition coefficient (Wildman–Crippen LogP) is 3.52. The molecule has 7 heteroatoms. The molecule has 0 bridgehead atoms. The summed E-state index contributed by atoms with van der Waals surface area (Å²) in [5, 5.41) is 14.3. The van der Waals surface area contributed by atoms with Gasteiger partial charge in [0.1, 0.15) is 0 Å². The molecular weight excluding hydrogens is 439 g/mol. The number of nitrogens with one attached hydrogen (secondary N) is 2. The van der Waals surface area contributed by atoms with Gasteiger partial charge in [-0.1, -0.05) is 12.1 Å². The molecule has 0 atom stereocenters. The van der Waals surface area contributed by atoms with Crippen LogP contribution in [0.25, 0.3) is 6.08 Å². The molecule has 24 heavy (non-hydrogen) atoms. The summed E-state index contributed by atoms with van der Waals surface area (Å²) < 4.78 is 1.04. The van der Waals surface area contributed by atoms with Gasteiger partial charge in [0.2, 0.25) is 0 Å². The van der Waals surface area contributed by atoms with Gasteiger partial charge in [0.25, 0.3) is 5.91 Å². The fourth-order valence-corrected chi connectivity index (χ4v) is 2.40. The van der Waals surface area contributed by atoms with Crippen molar-refractivity contribution in [3.05, 3.63) is 69.3 Å². The normalized spacial score (nSPS) is 10.4. The Morgan fingerprint density at radius 2 is 1.83 bits per heavy atom. The molecule has 2 rings (SSSR count). The summed E-state index contributed by atoms with van der Waals surface area (Å²) >= 11 is 7.29. The fourth-order valence-electron chi connectivity index (χ4n) is 1.83. The van der Waals surface area contributed by atoms with Gasteiger partial charge >= 0.3 is 5.97 Å². The van der Waals surface area contributed by atoms with Crippen LogP contribution in [0.1, 0.15) is 15.9 Å². The van der Waals surface area contributed by atoms with Crippen molar-refractivity contribution in [2.45, 2.75) is 0 Å². The molecule has 0 aliphatic heterocycles. The third kappa shape index (κ3) is 5.74. The van der Waals surface area contributed by atoms with Gasteiger partial charge in [0, 0.05) is 20.9 Å². The minimum atomic E-state index is -1.02.